The molecule has 1 aliphatic heterocycles. The van der Waals surface area contributed by atoms with E-state index in [9.17, 15) is 0 Å². The van der Waals surface area contributed by atoms with Crippen molar-refractivity contribution in [2.24, 2.45) is 0 Å². The summed E-state index contributed by atoms with van der Waals surface area (Å²) in [5, 5.41) is 1.85. The summed E-state index contributed by atoms with van der Waals surface area (Å²) in [5.74, 6) is 0. The second-order valence-corrected chi connectivity index (χ2v) is 1.51. The van der Waals surface area contributed by atoms with E-state index in [1.165, 1.54) is 0 Å². The number of nitrogens with zero attached hydrogens (tertiary/aromatic N) is 1. The second kappa shape index (κ2) is 1.30. The van der Waals surface area contributed by atoms with Crippen molar-refractivity contribution >= 4 is 0 Å². The molecule has 0 fully saturated rings. The van der Waals surface area contributed by atoms with Crippen LogP contribution in [0.15, 0.2) is 24.6 Å². The van der Waals surface area contributed by atoms with Gasteiger partial charge in [0.1, 0.15) is 0 Å². The van der Waals surface area contributed by atoms with Crippen LogP contribution in [0.1, 0.15) is 0 Å². The summed E-state index contributed by atoms with van der Waals surface area (Å²) in [5.41, 5.74) is 3.92. The van der Waals surface area contributed by atoms with Crippen molar-refractivity contribution in [2.45, 2.75) is 0 Å². The molecule has 1 rings (SSSR count). The minimum absolute atomic E-state index is 1.00. The van der Waals surface area contributed by atoms with Gasteiger partial charge in [0.05, 0.1) is 5.70 Å². The molecule has 0 amide bonds. The van der Waals surface area contributed by atoms with Crippen molar-refractivity contribution in [2.75, 3.05) is 7.05 Å². The third kappa shape index (κ3) is 0.585. The molecule has 2 nitrogen and oxygen atoms in total. The second-order valence-electron chi connectivity index (χ2n) is 1.51. The Bertz CT molecular complexity index is 115. The van der Waals surface area contributed by atoms with Crippen LogP contribution in [0.5, 0.6) is 0 Å². The van der Waals surface area contributed by atoms with E-state index < -0.39 is 0 Å². The lowest BCUT2D eigenvalue weighted by atomic mass is 10.5. The van der Waals surface area contributed by atoms with Gasteiger partial charge in [-0.15, -0.1) is 0 Å². The fourth-order valence-electron chi connectivity index (χ4n) is 0.440. The highest BCUT2D eigenvalue weighted by Crippen LogP contribution is 2.00. The number of hydrogen-bond acceptors (Lipinski definition) is 2. The van der Waals surface area contributed by atoms with Crippen LogP contribution >= 0.6 is 0 Å². The first kappa shape index (κ1) is 4.24. The molecule has 0 radical (unpaired) electrons. The van der Waals surface area contributed by atoms with Crippen LogP contribution in [-0.4, -0.2) is 12.1 Å². The molecule has 0 aromatic carbocycles. The topological polar surface area (TPSA) is 15.3 Å². The van der Waals surface area contributed by atoms with E-state index in [2.05, 4.69) is 12.0 Å². The van der Waals surface area contributed by atoms with Crippen molar-refractivity contribution < 1.29 is 0 Å². The van der Waals surface area contributed by atoms with E-state index in [4.69, 9.17) is 0 Å². The number of hydrazine groups is 1. The van der Waals surface area contributed by atoms with Gasteiger partial charge in [0, 0.05) is 13.2 Å². The molecular formula is C5H8N2. The normalized spacial score (nSPS) is 17.9. The highest BCUT2D eigenvalue weighted by molar-refractivity contribution is 5.15. The monoisotopic (exact) mass is 96.1 g/mol. The molecule has 0 bridgehead atoms. The molecule has 1 N–H and O–H groups in total. The maximum Gasteiger partial charge on any atom is 0.0511 e. The van der Waals surface area contributed by atoms with Crippen molar-refractivity contribution in [3.8, 4) is 0 Å². The van der Waals surface area contributed by atoms with Crippen molar-refractivity contribution in [3.05, 3.63) is 24.6 Å². The van der Waals surface area contributed by atoms with Gasteiger partial charge in [0.2, 0.25) is 0 Å². The molecule has 0 saturated carbocycles. The summed E-state index contributed by atoms with van der Waals surface area (Å²) >= 11 is 0. The maximum absolute atomic E-state index is 3.71. The minimum Gasteiger partial charge on any atom is -0.306 e. The molecule has 38 valence electrons. The summed E-state index contributed by atoms with van der Waals surface area (Å²) in [7, 11) is 1.92. The van der Waals surface area contributed by atoms with Crippen LogP contribution in [0.4, 0.5) is 0 Å². The molecule has 0 unspecified atom stereocenters. The van der Waals surface area contributed by atoms with Gasteiger partial charge >= 0.3 is 0 Å². The molecule has 0 atom stereocenters. The van der Waals surface area contributed by atoms with Crippen LogP contribution < -0.4 is 5.43 Å². The zero-order valence-electron chi connectivity index (χ0n) is 4.31. The van der Waals surface area contributed by atoms with Gasteiger partial charge in [-0.25, -0.2) is 0 Å². The predicted octanol–water partition coefficient (Wildman–Crippen LogP) is 0.464. The van der Waals surface area contributed by atoms with Gasteiger partial charge in [-0.1, -0.05) is 6.58 Å². The van der Waals surface area contributed by atoms with E-state index in [1.54, 1.807) is 0 Å². The van der Waals surface area contributed by atoms with Gasteiger partial charge in [0.25, 0.3) is 0 Å². The SMILES string of the molecule is C=C1C=CNN1C. The lowest BCUT2D eigenvalue weighted by molar-refractivity contribution is 0.386. The molecule has 0 spiro atoms. The first-order chi connectivity index (χ1) is 3.30. The average Bonchev–Trinajstić information content (AvgIpc) is 1.91. The zero-order chi connectivity index (χ0) is 5.28. The summed E-state index contributed by atoms with van der Waals surface area (Å²) in [6, 6.07) is 0. The summed E-state index contributed by atoms with van der Waals surface area (Å²) in [6.07, 6.45) is 3.77. The fraction of sp³-hybridized carbons (Fsp3) is 0.200. The molecule has 0 aliphatic carbocycles. The van der Waals surface area contributed by atoms with E-state index in [1.807, 2.05) is 24.3 Å². The Labute approximate surface area is 43.1 Å². The molecule has 1 aliphatic rings. The van der Waals surface area contributed by atoms with Crippen LogP contribution in [0.25, 0.3) is 0 Å². The Hall–Kier alpha value is -0.920. The average molecular weight is 96.1 g/mol. The first-order valence-electron chi connectivity index (χ1n) is 2.16. The predicted molar refractivity (Wildman–Crippen MR) is 29.2 cm³/mol. The Balaban J connectivity index is 2.62. The van der Waals surface area contributed by atoms with E-state index in [0.29, 0.717) is 0 Å². The van der Waals surface area contributed by atoms with Gasteiger partial charge < -0.3 is 5.43 Å². The number of hydrogen-bond donors (Lipinski definition) is 1. The van der Waals surface area contributed by atoms with Crippen LogP contribution in [0.3, 0.4) is 0 Å². The number of allylic oxidation sites excluding steroid dienone is 1. The van der Waals surface area contributed by atoms with E-state index >= 15 is 0 Å². The molecular weight excluding hydrogens is 88.1 g/mol. The number of rotatable bonds is 0. The quantitative estimate of drug-likeness (QED) is 0.471. The number of likely N-dealkylation sites (N-methyl/N-ethyl adjacent to an activating group) is 1. The largest absolute Gasteiger partial charge is 0.306 e. The Morgan fingerprint density at radius 3 is 2.71 bits per heavy atom. The third-order valence-corrected chi connectivity index (χ3v) is 0.975. The highest BCUT2D eigenvalue weighted by Gasteiger charge is 1.98. The summed E-state index contributed by atoms with van der Waals surface area (Å²) in [4.78, 5) is 0. The molecule has 0 aromatic heterocycles. The molecule has 0 saturated heterocycles. The Morgan fingerprint density at radius 2 is 2.57 bits per heavy atom. The third-order valence-electron chi connectivity index (χ3n) is 0.975. The Kier molecular flexibility index (Phi) is 0.785. The maximum atomic E-state index is 3.71. The molecule has 0 aromatic rings. The Morgan fingerprint density at radius 1 is 1.86 bits per heavy atom. The smallest absolute Gasteiger partial charge is 0.0511 e. The fourth-order valence-corrected chi connectivity index (χ4v) is 0.440. The van der Waals surface area contributed by atoms with Crippen LogP contribution in [0.2, 0.25) is 0 Å². The van der Waals surface area contributed by atoms with E-state index in [-0.39, 0.29) is 0 Å². The standard InChI is InChI=1S/C5H8N2/c1-5-3-4-6-7(5)2/h3-4,6H,1H2,2H3. The van der Waals surface area contributed by atoms with E-state index in [0.717, 1.165) is 5.70 Å². The van der Waals surface area contributed by atoms with Crippen molar-refractivity contribution in [3.63, 3.8) is 0 Å². The molecule has 1 heterocycles. The zero-order valence-corrected chi connectivity index (χ0v) is 4.31. The summed E-state index contributed by atoms with van der Waals surface area (Å²) < 4.78 is 0. The van der Waals surface area contributed by atoms with Gasteiger partial charge in [-0.05, 0) is 6.08 Å². The lowest BCUT2D eigenvalue weighted by Gasteiger charge is -2.10. The van der Waals surface area contributed by atoms with Crippen molar-refractivity contribution in [1.29, 1.82) is 0 Å². The van der Waals surface area contributed by atoms with Crippen LogP contribution in [-0.2, 0) is 0 Å². The van der Waals surface area contributed by atoms with Crippen LogP contribution in [0, 0.1) is 0 Å². The lowest BCUT2D eigenvalue weighted by Crippen LogP contribution is -2.22. The van der Waals surface area contributed by atoms with Gasteiger partial charge in [-0.3, -0.25) is 5.01 Å². The molecule has 2 heteroatoms. The van der Waals surface area contributed by atoms with Crippen molar-refractivity contribution in [1.82, 2.24) is 10.4 Å². The number of nitrogens with one attached hydrogen (secondary N) is 1. The minimum atomic E-state index is 1.00. The van der Waals surface area contributed by atoms with Gasteiger partial charge in [0.15, 0.2) is 0 Å². The molecule has 7 heavy (non-hydrogen) atoms. The van der Waals surface area contributed by atoms with Gasteiger partial charge in [-0.2, -0.15) is 0 Å². The first-order valence-corrected chi connectivity index (χ1v) is 2.16. The highest BCUT2D eigenvalue weighted by atomic mass is 15.5. The summed E-state index contributed by atoms with van der Waals surface area (Å²) in [6.45, 7) is 3.71.